The van der Waals surface area contributed by atoms with Crippen LogP contribution in [0, 0.1) is 20.8 Å². The van der Waals surface area contributed by atoms with E-state index in [0.29, 0.717) is 0 Å². The smallest absolute Gasteiger partial charge is 0.0686 e. The molecule has 0 saturated heterocycles. The summed E-state index contributed by atoms with van der Waals surface area (Å²) in [5.41, 5.74) is 5.03. The van der Waals surface area contributed by atoms with Gasteiger partial charge in [-0.05, 0) is 49.9 Å². The van der Waals surface area contributed by atoms with Crippen molar-refractivity contribution in [3.05, 3.63) is 55.7 Å². The van der Waals surface area contributed by atoms with Gasteiger partial charge in [-0.25, -0.2) is 0 Å². The van der Waals surface area contributed by atoms with Gasteiger partial charge in [0.15, 0.2) is 0 Å². The molecule has 1 aromatic heterocycles. The van der Waals surface area contributed by atoms with E-state index in [9.17, 15) is 0 Å². The molecule has 0 spiro atoms. The Bertz CT molecular complexity index is 560. The normalized spacial score (nSPS) is 12.7. The summed E-state index contributed by atoms with van der Waals surface area (Å²) in [5.74, 6) is 0. The molecule has 1 unspecified atom stereocenters. The molecular formula is C15H18ClNS. The van der Waals surface area contributed by atoms with Crippen molar-refractivity contribution in [3.8, 4) is 0 Å². The van der Waals surface area contributed by atoms with Crippen molar-refractivity contribution in [2.45, 2.75) is 26.8 Å². The van der Waals surface area contributed by atoms with E-state index >= 15 is 0 Å². The summed E-state index contributed by atoms with van der Waals surface area (Å²) < 4.78 is 0. The number of thiophene rings is 1. The molecular weight excluding hydrogens is 262 g/mol. The Hall–Kier alpha value is -0.830. The summed E-state index contributed by atoms with van der Waals surface area (Å²) in [6.07, 6.45) is 0. The quantitative estimate of drug-likeness (QED) is 0.863. The van der Waals surface area contributed by atoms with Crippen molar-refractivity contribution in [2.75, 3.05) is 7.05 Å². The van der Waals surface area contributed by atoms with E-state index in [0.717, 1.165) is 10.6 Å². The summed E-state index contributed by atoms with van der Waals surface area (Å²) in [6.45, 7) is 6.32. The van der Waals surface area contributed by atoms with Gasteiger partial charge >= 0.3 is 0 Å². The van der Waals surface area contributed by atoms with Gasteiger partial charge in [-0.15, -0.1) is 11.3 Å². The number of nitrogens with one attached hydrogen (secondary N) is 1. The molecule has 1 N–H and O–H groups in total. The monoisotopic (exact) mass is 279 g/mol. The molecule has 0 saturated carbocycles. The Morgan fingerprint density at radius 2 is 1.89 bits per heavy atom. The third kappa shape index (κ3) is 2.46. The molecule has 0 fully saturated rings. The second kappa shape index (κ2) is 5.43. The minimum absolute atomic E-state index is 0.177. The Labute approximate surface area is 118 Å². The van der Waals surface area contributed by atoms with Gasteiger partial charge in [0.25, 0.3) is 0 Å². The predicted octanol–water partition coefficient (Wildman–Crippen LogP) is 4.64. The summed E-state index contributed by atoms with van der Waals surface area (Å²) in [7, 11) is 1.98. The average Bonchev–Trinajstić information content (AvgIpc) is 2.67. The zero-order valence-corrected chi connectivity index (χ0v) is 12.7. The van der Waals surface area contributed by atoms with E-state index in [1.54, 1.807) is 11.3 Å². The number of benzene rings is 1. The zero-order chi connectivity index (χ0) is 13.3. The lowest BCUT2D eigenvalue weighted by atomic mass is 9.97. The lowest BCUT2D eigenvalue weighted by Crippen LogP contribution is -2.18. The van der Waals surface area contributed by atoms with Crippen molar-refractivity contribution in [1.82, 2.24) is 5.32 Å². The molecule has 1 atom stereocenters. The van der Waals surface area contributed by atoms with Crippen molar-refractivity contribution in [2.24, 2.45) is 0 Å². The van der Waals surface area contributed by atoms with Crippen LogP contribution in [-0.4, -0.2) is 7.05 Å². The summed E-state index contributed by atoms with van der Waals surface area (Å²) in [6, 6.07) is 6.73. The van der Waals surface area contributed by atoms with Gasteiger partial charge in [0, 0.05) is 4.88 Å². The Morgan fingerprint density at radius 3 is 2.44 bits per heavy atom. The van der Waals surface area contributed by atoms with Gasteiger partial charge in [-0.1, -0.05) is 35.4 Å². The summed E-state index contributed by atoms with van der Waals surface area (Å²) >= 11 is 8.12. The minimum atomic E-state index is 0.177. The van der Waals surface area contributed by atoms with Gasteiger partial charge in [0.2, 0.25) is 0 Å². The van der Waals surface area contributed by atoms with Crippen LogP contribution in [0.5, 0.6) is 0 Å². The molecule has 18 heavy (non-hydrogen) atoms. The SMILES string of the molecule is CNC(c1cc(C)ccc1C)c1scc(C)c1Cl. The largest absolute Gasteiger partial charge is 0.309 e. The molecule has 1 nitrogen and oxygen atoms in total. The molecule has 0 amide bonds. The lowest BCUT2D eigenvalue weighted by molar-refractivity contribution is 0.698. The van der Waals surface area contributed by atoms with Gasteiger partial charge in [0.1, 0.15) is 0 Å². The van der Waals surface area contributed by atoms with Gasteiger partial charge in [0.05, 0.1) is 11.1 Å². The van der Waals surface area contributed by atoms with Crippen LogP contribution in [-0.2, 0) is 0 Å². The number of halogens is 1. The van der Waals surface area contributed by atoms with Crippen LogP contribution in [0.1, 0.15) is 33.2 Å². The molecule has 0 aliphatic heterocycles. The molecule has 96 valence electrons. The summed E-state index contributed by atoms with van der Waals surface area (Å²) in [5, 5.41) is 6.39. The molecule has 2 aromatic rings. The fraction of sp³-hybridized carbons (Fsp3) is 0.333. The maximum absolute atomic E-state index is 6.39. The van der Waals surface area contributed by atoms with Crippen molar-refractivity contribution in [1.29, 1.82) is 0 Å². The van der Waals surface area contributed by atoms with Gasteiger partial charge < -0.3 is 5.32 Å². The van der Waals surface area contributed by atoms with Crippen LogP contribution in [0.25, 0.3) is 0 Å². The maximum Gasteiger partial charge on any atom is 0.0686 e. The predicted molar refractivity (Wildman–Crippen MR) is 80.9 cm³/mol. The number of hydrogen-bond donors (Lipinski definition) is 1. The van der Waals surface area contributed by atoms with E-state index in [1.165, 1.54) is 21.6 Å². The first-order chi connectivity index (χ1) is 8.54. The second-order valence-corrected chi connectivity index (χ2v) is 5.97. The van der Waals surface area contributed by atoms with E-state index < -0.39 is 0 Å². The molecule has 1 heterocycles. The lowest BCUT2D eigenvalue weighted by Gasteiger charge is -2.19. The van der Waals surface area contributed by atoms with Crippen LogP contribution in [0.4, 0.5) is 0 Å². The van der Waals surface area contributed by atoms with E-state index in [1.807, 2.05) is 7.05 Å². The number of aryl methyl sites for hydroxylation is 3. The van der Waals surface area contributed by atoms with Crippen LogP contribution in [0.3, 0.4) is 0 Å². The van der Waals surface area contributed by atoms with E-state index in [-0.39, 0.29) is 6.04 Å². The third-order valence-corrected chi connectivity index (χ3v) is 5.00. The molecule has 0 bridgehead atoms. The van der Waals surface area contributed by atoms with Crippen LogP contribution < -0.4 is 5.32 Å². The highest BCUT2D eigenvalue weighted by atomic mass is 35.5. The maximum atomic E-state index is 6.39. The Balaban J connectivity index is 2.51. The fourth-order valence-corrected chi connectivity index (χ4v) is 3.57. The molecule has 0 radical (unpaired) electrons. The molecule has 1 aromatic carbocycles. The highest BCUT2D eigenvalue weighted by Crippen LogP contribution is 2.36. The highest BCUT2D eigenvalue weighted by Gasteiger charge is 2.19. The average molecular weight is 280 g/mol. The van der Waals surface area contributed by atoms with Crippen molar-refractivity contribution >= 4 is 22.9 Å². The fourth-order valence-electron chi connectivity index (χ4n) is 2.14. The first kappa shape index (κ1) is 13.6. The standard InChI is InChI=1S/C15H18ClNS/c1-9-5-6-10(2)12(7-9)14(17-4)15-13(16)11(3)8-18-15/h5-8,14,17H,1-4H3. The number of rotatable bonds is 3. The first-order valence-corrected chi connectivity index (χ1v) is 7.28. The third-order valence-electron chi connectivity index (χ3n) is 3.22. The molecule has 0 aliphatic rings. The molecule has 3 heteroatoms. The minimum Gasteiger partial charge on any atom is -0.309 e. The van der Waals surface area contributed by atoms with Crippen molar-refractivity contribution in [3.63, 3.8) is 0 Å². The first-order valence-electron chi connectivity index (χ1n) is 6.02. The zero-order valence-electron chi connectivity index (χ0n) is 11.2. The van der Waals surface area contributed by atoms with Crippen LogP contribution in [0.2, 0.25) is 5.02 Å². The Morgan fingerprint density at radius 1 is 1.17 bits per heavy atom. The topological polar surface area (TPSA) is 12.0 Å². The van der Waals surface area contributed by atoms with Crippen LogP contribution in [0.15, 0.2) is 23.6 Å². The van der Waals surface area contributed by atoms with E-state index in [4.69, 9.17) is 11.6 Å². The number of hydrogen-bond acceptors (Lipinski definition) is 2. The van der Waals surface area contributed by atoms with Gasteiger partial charge in [-0.2, -0.15) is 0 Å². The van der Waals surface area contributed by atoms with E-state index in [2.05, 4.69) is 49.7 Å². The molecule has 0 aliphatic carbocycles. The Kier molecular flexibility index (Phi) is 4.10. The van der Waals surface area contributed by atoms with Crippen LogP contribution >= 0.6 is 22.9 Å². The highest BCUT2D eigenvalue weighted by molar-refractivity contribution is 7.10. The van der Waals surface area contributed by atoms with Gasteiger partial charge in [-0.3, -0.25) is 0 Å². The second-order valence-electron chi connectivity index (χ2n) is 4.68. The van der Waals surface area contributed by atoms with Crippen molar-refractivity contribution < 1.29 is 0 Å². The summed E-state index contributed by atoms with van der Waals surface area (Å²) in [4.78, 5) is 1.20. The molecule has 2 rings (SSSR count).